The summed E-state index contributed by atoms with van der Waals surface area (Å²) >= 11 is 0. The lowest BCUT2D eigenvalue weighted by molar-refractivity contribution is -0.136. The third-order valence-corrected chi connectivity index (χ3v) is 2.10. The number of likely N-dealkylation sites (N-methyl/N-ethyl adjacent to an activating group) is 1. The van der Waals surface area contributed by atoms with E-state index in [-0.39, 0.29) is 18.9 Å². The molecule has 0 saturated carbocycles. The molecule has 0 spiro atoms. The molecule has 0 aliphatic carbocycles. The lowest BCUT2D eigenvalue weighted by Crippen LogP contribution is -2.27. The van der Waals surface area contributed by atoms with Crippen LogP contribution in [0.3, 0.4) is 0 Å². The van der Waals surface area contributed by atoms with Crippen molar-refractivity contribution in [3.05, 3.63) is 29.8 Å². The summed E-state index contributed by atoms with van der Waals surface area (Å²) in [5, 5.41) is 14.3. The zero-order chi connectivity index (χ0) is 12.7. The largest absolute Gasteiger partial charge is 0.481 e. The van der Waals surface area contributed by atoms with Gasteiger partial charge in [-0.15, -0.1) is 0 Å². The zero-order valence-corrected chi connectivity index (χ0v) is 9.69. The quantitative estimate of drug-likeness (QED) is 0.684. The lowest BCUT2D eigenvalue weighted by atomic mass is 10.1. The number of benzene rings is 1. The van der Waals surface area contributed by atoms with Gasteiger partial charge in [0.05, 0.1) is 13.0 Å². The summed E-state index contributed by atoms with van der Waals surface area (Å²) < 4.78 is 0. The van der Waals surface area contributed by atoms with E-state index in [0.29, 0.717) is 11.3 Å². The van der Waals surface area contributed by atoms with Gasteiger partial charge in [-0.1, -0.05) is 19.1 Å². The zero-order valence-electron chi connectivity index (χ0n) is 9.69. The summed E-state index contributed by atoms with van der Waals surface area (Å²) in [6.07, 6.45) is -0.0447. The number of anilines is 1. The average Bonchev–Trinajstić information content (AvgIpc) is 2.26. The van der Waals surface area contributed by atoms with Crippen molar-refractivity contribution in [1.82, 2.24) is 5.32 Å². The van der Waals surface area contributed by atoms with Crippen LogP contribution in [0.4, 0.5) is 5.69 Å². The van der Waals surface area contributed by atoms with Gasteiger partial charge < -0.3 is 15.7 Å². The maximum atomic E-state index is 11.4. The van der Waals surface area contributed by atoms with Crippen molar-refractivity contribution in [3.8, 4) is 0 Å². The fourth-order valence-electron chi connectivity index (χ4n) is 1.38. The first-order valence-corrected chi connectivity index (χ1v) is 5.43. The predicted octanol–water partition coefficient (Wildman–Crippen LogP) is 0.862. The van der Waals surface area contributed by atoms with Gasteiger partial charge in [0.1, 0.15) is 0 Å². The summed E-state index contributed by atoms with van der Waals surface area (Å²) in [6.45, 7) is 2.90. The highest BCUT2D eigenvalue weighted by Gasteiger charge is 2.04. The van der Waals surface area contributed by atoms with E-state index in [1.165, 1.54) is 0 Å². The Morgan fingerprint density at radius 2 is 2.12 bits per heavy atom. The number of aliphatic carboxylic acids is 1. The lowest BCUT2D eigenvalue weighted by Gasteiger charge is -2.06. The molecule has 0 saturated heterocycles. The molecule has 3 N–H and O–H groups in total. The van der Waals surface area contributed by atoms with Gasteiger partial charge in [-0.3, -0.25) is 9.59 Å². The minimum atomic E-state index is -0.888. The molecular formula is C12H16N2O3. The van der Waals surface area contributed by atoms with Gasteiger partial charge >= 0.3 is 5.97 Å². The standard InChI is InChI=1S/C12H16N2O3/c1-2-13-8-11(15)14-10-5-3-4-9(6-10)7-12(16)17/h3-6,13H,2,7-8H2,1H3,(H,14,15)(H,16,17). The number of amides is 1. The third-order valence-electron chi connectivity index (χ3n) is 2.10. The van der Waals surface area contributed by atoms with Crippen molar-refractivity contribution in [2.24, 2.45) is 0 Å². The Morgan fingerprint density at radius 1 is 1.35 bits per heavy atom. The Kier molecular flexibility index (Phi) is 5.16. The van der Waals surface area contributed by atoms with Crippen LogP contribution < -0.4 is 10.6 Å². The Hall–Kier alpha value is -1.88. The second-order valence-corrected chi connectivity index (χ2v) is 3.60. The number of nitrogens with one attached hydrogen (secondary N) is 2. The molecule has 5 nitrogen and oxygen atoms in total. The molecule has 0 atom stereocenters. The first kappa shape index (κ1) is 13.2. The van der Waals surface area contributed by atoms with Gasteiger partial charge in [0.2, 0.25) is 5.91 Å². The number of carboxylic acid groups (broad SMARTS) is 1. The minimum absolute atomic E-state index is 0.0447. The van der Waals surface area contributed by atoms with E-state index >= 15 is 0 Å². The summed E-state index contributed by atoms with van der Waals surface area (Å²) in [7, 11) is 0. The van der Waals surface area contributed by atoms with Gasteiger partial charge in [-0.05, 0) is 24.2 Å². The van der Waals surface area contributed by atoms with Crippen LogP contribution in [0.25, 0.3) is 0 Å². The Balaban J connectivity index is 2.59. The molecule has 0 aliphatic heterocycles. The number of carbonyl (C=O) groups is 2. The molecule has 5 heteroatoms. The molecule has 1 aromatic rings. The molecule has 1 aromatic carbocycles. The maximum Gasteiger partial charge on any atom is 0.307 e. The number of carbonyl (C=O) groups excluding carboxylic acids is 1. The monoisotopic (exact) mass is 236 g/mol. The molecule has 17 heavy (non-hydrogen) atoms. The maximum absolute atomic E-state index is 11.4. The predicted molar refractivity (Wildman–Crippen MR) is 65.0 cm³/mol. The SMILES string of the molecule is CCNCC(=O)Nc1cccc(CC(=O)O)c1. The highest BCUT2D eigenvalue weighted by molar-refractivity contribution is 5.92. The van der Waals surface area contributed by atoms with E-state index in [9.17, 15) is 9.59 Å². The second kappa shape index (κ2) is 6.65. The van der Waals surface area contributed by atoms with Crippen molar-refractivity contribution >= 4 is 17.6 Å². The van der Waals surface area contributed by atoms with Crippen LogP contribution in [0.15, 0.2) is 24.3 Å². The molecule has 0 bridgehead atoms. The Bertz CT molecular complexity index is 404. The molecule has 0 heterocycles. The van der Waals surface area contributed by atoms with Gasteiger partial charge in [0.15, 0.2) is 0 Å². The first-order valence-electron chi connectivity index (χ1n) is 5.43. The first-order chi connectivity index (χ1) is 8.11. The van der Waals surface area contributed by atoms with Crippen molar-refractivity contribution in [1.29, 1.82) is 0 Å². The second-order valence-electron chi connectivity index (χ2n) is 3.60. The van der Waals surface area contributed by atoms with Crippen LogP contribution in [0.1, 0.15) is 12.5 Å². The van der Waals surface area contributed by atoms with Gasteiger partial charge in [-0.25, -0.2) is 0 Å². The summed E-state index contributed by atoms with van der Waals surface area (Å²) in [5.74, 6) is -1.03. The van der Waals surface area contributed by atoms with E-state index in [1.807, 2.05) is 6.92 Å². The minimum Gasteiger partial charge on any atom is -0.481 e. The summed E-state index contributed by atoms with van der Waals surface area (Å²) in [5.41, 5.74) is 1.28. The molecule has 1 rings (SSSR count). The van der Waals surface area contributed by atoms with E-state index in [1.54, 1.807) is 24.3 Å². The highest BCUT2D eigenvalue weighted by atomic mass is 16.4. The fraction of sp³-hybridized carbons (Fsp3) is 0.333. The molecule has 0 aliphatic rings. The van der Waals surface area contributed by atoms with Gasteiger partial charge in [0.25, 0.3) is 0 Å². The van der Waals surface area contributed by atoms with E-state index in [0.717, 1.165) is 6.54 Å². The van der Waals surface area contributed by atoms with E-state index < -0.39 is 5.97 Å². The molecule has 0 fully saturated rings. The third kappa shape index (κ3) is 5.12. The number of hydrogen-bond acceptors (Lipinski definition) is 3. The van der Waals surface area contributed by atoms with Crippen LogP contribution >= 0.6 is 0 Å². The molecule has 0 aromatic heterocycles. The van der Waals surface area contributed by atoms with Crippen molar-refractivity contribution < 1.29 is 14.7 Å². The topological polar surface area (TPSA) is 78.4 Å². The van der Waals surface area contributed by atoms with Crippen molar-refractivity contribution in [3.63, 3.8) is 0 Å². The average molecular weight is 236 g/mol. The summed E-state index contributed by atoms with van der Waals surface area (Å²) in [4.78, 5) is 22.0. The number of carboxylic acids is 1. The fourth-order valence-corrected chi connectivity index (χ4v) is 1.38. The Labute approximate surface area is 99.8 Å². The van der Waals surface area contributed by atoms with Gasteiger partial charge in [0, 0.05) is 5.69 Å². The normalized spacial score (nSPS) is 9.94. The Morgan fingerprint density at radius 3 is 2.76 bits per heavy atom. The van der Waals surface area contributed by atoms with E-state index in [4.69, 9.17) is 5.11 Å². The molecule has 1 amide bonds. The van der Waals surface area contributed by atoms with Crippen molar-refractivity contribution in [2.75, 3.05) is 18.4 Å². The summed E-state index contributed by atoms with van der Waals surface area (Å²) in [6, 6.07) is 6.84. The van der Waals surface area contributed by atoms with Crippen LogP contribution in [-0.2, 0) is 16.0 Å². The molecule has 92 valence electrons. The van der Waals surface area contributed by atoms with E-state index in [2.05, 4.69) is 10.6 Å². The number of rotatable bonds is 6. The van der Waals surface area contributed by atoms with Gasteiger partial charge in [-0.2, -0.15) is 0 Å². The van der Waals surface area contributed by atoms with Crippen LogP contribution in [0.2, 0.25) is 0 Å². The molecular weight excluding hydrogens is 220 g/mol. The van der Waals surface area contributed by atoms with Crippen LogP contribution in [0, 0.1) is 0 Å². The molecule has 0 radical (unpaired) electrons. The number of hydrogen-bond donors (Lipinski definition) is 3. The van der Waals surface area contributed by atoms with Crippen LogP contribution in [-0.4, -0.2) is 30.1 Å². The highest BCUT2D eigenvalue weighted by Crippen LogP contribution is 2.11. The van der Waals surface area contributed by atoms with Crippen molar-refractivity contribution in [2.45, 2.75) is 13.3 Å². The van der Waals surface area contributed by atoms with Crippen LogP contribution in [0.5, 0.6) is 0 Å². The smallest absolute Gasteiger partial charge is 0.307 e. The molecule has 0 unspecified atom stereocenters.